The number of hydrogen-bond acceptors (Lipinski definition) is 5. The van der Waals surface area contributed by atoms with Crippen LogP contribution in [0.1, 0.15) is 23.4 Å². The molecule has 5 nitrogen and oxygen atoms in total. The Kier molecular flexibility index (Phi) is 3.94. The number of nitrogens with zero attached hydrogens (tertiary/aromatic N) is 3. The van der Waals surface area contributed by atoms with Crippen molar-refractivity contribution in [3.8, 4) is 0 Å². The molecule has 0 unspecified atom stereocenters. The lowest BCUT2D eigenvalue weighted by molar-refractivity contribution is -0.118. The molecule has 114 valence electrons. The fourth-order valence-electron chi connectivity index (χ4n) is 2.37. The lowest BCUT2D eigenvalue weighted by Gasteiger charge is -2.13. The molecule has 0 aliphatic heterocycles. The number of para-hydroxylation sites is 1. The zero-order valence-electron chi connectivity index (χ0n) is 12.8. The van der Waals surface area contributed by atoms with E-state index in [0.717, 1.165) is 32.4 Å². The number of thiazole rings is 1. The SMILES string of the molecule is Cc1noc(C)c1CCC(=O)N(C)c1nc2ccccc2s1. The van der Waals surface area contributed by atoms with Crippen molar-refractivity contribution in [1.29, 1.82) is 0 Å². The van der Waals surface area contributed by atoms with Crippen LogP contribution in [0.4, 0.5) is 5.13 Å². The van der Waals surface area contributed by atoms with E-state index in [1.807, 2.05) is 38.1 Å². The van der Waals surface area contributed by atoms with Crippen molar-refractivity contribution in [2.75, 3.05) is 11.9 Å². The van der Waals surface area contributed by atoms with Crippen LogP contribution in [-0.4, -0.2) is 23.1 Å². The molecule has 0 saturated carbocycles. The average Bonchev–Trinajstić information content (AvgIpc) is 3.08. The highest BCUT2D eigenvalue weighted by Crippen LogP contribution is 2.28. The standard InChI is InChI=1S/C16H17N3O2S/c1-10-12(11(2)21-18-10)8-9-15(20)19(3)16-17-13-6-4-5-7-14(13)22-16/h4-7H,8-9H2,1-3H3. The molecule has 0 aliphatic carbocycles. The number of benzene rings is 1. The molecule has 0 radical (unpaired) electrons. The predicted molar refractivity (Wildman–Crippen MR) is 87.3 cm³/mol. The summed E-state index contributed by atoms with van der Waals surface area (Å²) in [5.41, 5.74) is 2.80. The molecule has 0 aliphatic rings. The van der Waals surface area contributed by atoms with Gasteiger partial charge in [-0.05, 0) is 32.4 Å². The lowest BCUT2D eigenvalue weighted by atomic mass is 10.1. The number of hydrogen-bond donors (Lipinski definition) is 0. The Hall–Kier alpha value is -2.21. The van der Waals surface area contributed by atoms with Crippen molar-refractivity contribution < 1.29 is 9.32 Å². The van der Waals surface area contributed by atoms with Crippen LogP contribution >= 0.6 is 11.3 Å². The molecule has 2 heterocycles. The number of aromatic nitrogens is 2. The molecule has 6 heteroatoms. The maximum absolute atomic E-state index is 12.4. The minimum absolute atomic E-state index is 0.0408. The first-order valence-corrected chi connectivity index (χ1v) is 7.92. The second-order valence-corrected chi connectivity index (χ2v) is 6.23. The number of anilines is 1. The van der Waals surface area contributed by atoms with Crippen LogP contribution < -0.4 is 4.90 Å². The van der Waals surface area contributed by atoms with E-state index < -0.39 is 0 Å². The minimum Gasteiger partial charge on any atom is -0.361 e. The van der Waals surface area contributed by atoms with Crippen molar-refractivity contribution >= 4 is 32.6 Å². The molecule has 0 bridgehead atoms. The highest BCUT2D eigenvalue weighted by Gasteiger charge is 2.17. The second-order valence-electron chi connectivity index (χ2n) is 5.22. The quantitative estimate of drug-likeness (QED) is 0.739. The summed E-state index contributed by atoms with van der Waals surface area (Å²) < 4.78 is 6.21. The summed E-state index contributed by atoms with van der Waals surface area (Å²) in [7, 11) is 1.77. The van der Waals surface area contributed by atoms with Crippen LogP contribution in [0, 0.1) is 13.8 Å². The van der Waals surface area contributed by atoms with Gasteiger partial charge in [-0.15, -0.1) is 0 Å². The summed E-state index contributed by atoms with van der Waals surface area (Å²) in [6.07, 6.45) is 1.05. The van der Waals surface area contributed by atoms with Crippen LogP contribution in [0.15, 0.2) is 28.8 Å². The van der Waals surface area contributed by atoms with Gasteiger partial charge in [0.05, 0.1) is 15.9 Å². The number of carbonyl (C=O) groups excluding carboxylic acids is 1. The third kappa shape index (κ3) is 2.74. The third-order valence-corrected chi connectivity index (χ3v) is 4.83. The smallest absolute Gasteiger partial charge is 0.228 e. The van der Waals surface area contributed by atoms with Crippen molar-refractivity contribution in [1.82, 2.24) is 10.1 Å². The Bertz CT molecular complexity index is 769. The van der Waals surface area contributed by atoms with Gasteiger partial charge in [0, 0.05) is 19.0 Å². The summed E-state index contributed by atoms with van der Waals surface area (Å²) in [6.45, 7) is 3.77. The molecule has 22 heavy (non-hydrogen) atoms. The molecular formula is C16H17N3O2S. The molecular weight excluding hydrogens is 298 g/mol. The fraction of sp³-hybridized carbons (Fsp3) is 0.312. The maximum Gasteiger partial charge on any atom is 0.228 e. The summed E-state index contributed by atoms with van der Waals surface area (Å²) in [4.78, 5) is 18.5. The van der Waals surface area contributed by atoms with Gasteiger partial charge in [-0.25, -0.2) is 4.98 Å². The first-order chi connectivity index (χ1) is 10.6. The Labute approximate surface area is 132 Å². The summed E-state index contributed by atoms with van der Waals surface area (Å²) in [6, 6.07) is 7.89. The molecule has 1 aromatic carbocycles. The van der Waals surface area contributed by atoms with Gasteiger partial charge in [0.2, 0.25) is 5.91 Å². The van der Waals surface area contributed by atoms with Crippen LogP contribution in [0.5, 0.6) is 0 Å². The molecule has 0 fully saturated rings. The van der Waals surface area contributed by atoms with Gasteiger partial charge in [0.15, 0.2) is 5.13 Å². The molecule has 0 N–H and O–H groups in total. The van der Waals surface area contributed by atoms with Crippen LogP contribution in [0.3, 0.4) is 0 Å². The average molecular weight is 315 g/mol. The van der Waals surface area contributed by atoms with E-state index in [1.54, 1.807) is 11.9 Å². The van der Waals surface area contributed by atoms with Crippen molar-refractivity contribution in [3.05, 3.63) is 41.3 Å². The van der Waals surface area contributed by atoms with Gasteiger partial charge in [0.25, 0.3) is 0 Å². The molecule has 1 amide bonds. The number of amides is 1. The second kappa shape index (κ2) is 5.88. The van der Waals surface area contributed by atoms with Gasteiger partial charge in [-0.3, -0.25) is 9.69 Å². The van der Waals surface area contributed by atoms with E-state index in [1.165, 1.54) is 11.3 Å². The van der Waals surface area contributed by atoms with Gasteiger partial charge in [-0.1, -0.05) is 28.6 Å². The summed E-state index contributed by atoms with van der Waals surface area (Å²) in [5, 5.41) is 4.64. The lowest BCUT2D eigenvalue weighted by Crippen LogP contribution is -2.26. The van der Waals surface area contributed by atoms with E-state index >= 15 is 0 Å². The Morgan fingerprint density at radius 1 is 1.32 bits per heavy atom. The van der Waals surface area contributed by atoms with Crippen molar-refractivity contribution in [3.63, 3.8) is 0 Å². The predicted octanol–water partition coefficient (Wildman–Crippen LogP) is 3.50. The number of aryl methyl sites for hydroxylation is 2. The fourth-order valence-corrected chi connectivity index (χ4v) is 3.31. The molecule has 3 aromatic rings. The monoisotopic (exact) mass is 315 g/mol. The Balaban J connectivity index is 1.71. The van der Waals surface area contributed by atoms with E-state index in [0.29, 0.717) is 12.8 Å². The highest BCUT2D eigenvalue weighted by atomic mass is 32.1. The molecule has 0 saturated heterocycles. The number of carbonyl (C=O) groups is 1. The Morgan fingerprint density at radius 2 is 2.09 bits per heavy atom. The molecule has 0 atom stereocenters. The normalized spacial score (nSPS) is 11.0. The van der Waals surface area contributed by atoms with E-state index in [2.05, 4.69) is 10.1 Å². The first kappa shape index (κ1) is 14.7. The van der Waals surface area contributed by atoms with Crippen molar-refractivity contribution in [2.45, 2.75) is 26.7 Å². The van der Waals surface area contributed by atoms with E-state index in [-0.39, 0.29) is 5.91 Å². The van der Waals surface area contributed by atoms with Gasteiger partial charge >= 0.3 is 0 Å². The first-order valence-electron chi connectivity index (χ1n) is 7.10. The van der Waals surface area contributed by atoms with Gasteiger partial charge in [0.1, 0.15) is 5.76 Å². The maximum atomic E-state index is 12.4. The minimum atomic E-state index is 0.0408. The van der Waals surface area contributed by atoms with Gasteiger partial charge < -0.3 is 4.52 Å². The summed E-state index contributed by atoms with van der Waals surface area (Å²) >= 11 is 1.53. The Morgan fingerprint density at radius 3 is 2.77 bits per heavy atom. The molecule has 3 rings (SSSR count). The zero-order valence-corrected chi connectivity index (χ0v) is 13.6. The molecule has 2 aromatic heterocycles. The number of rotatable bonds is 4. The molecule has 0 spiro atoms. The summed E-state index contributed by atoms with van der Waals surface area (Å²) in [5.74, 6) is 0.826. The van der Waals surface area contributed by atoms with E-state index in [4.69, 9.17) is 4.52 Å². The highest BCUT2D eigenvalue weighted by molar-refractivity contribution is 7.22. The topological polar surface area (TPSA) is 59.2 Å². The zero-order chi connectivity index (χ0) is 15.7. The van der Waals surface area contributed by atoms with E-state index in [9.17, 15) is 4.79 Å². The third-order valence-electron chi connectivity index (χ3n) is 3.71. The van der Waals surface area contributed by atoms with Crippen LogP contribution in [-0.2, 0) is 11.2 Å². The van der Waals surface area contributed by atoms with Crippen molar-refractivity contribution in [2.24, 2.45) is 0 Å². The number of fused-ring (bicyclic) bond motifs is 1. The van der Waals surface area contributed by atoms with Crippen LogP contribution in [0.25, 0.3) is 10.2 Å². The van der Waals surface area contributed by atoms with Gasteiger partial charge in [-0.2, -0.15) is 0 Å². The van der Waals surface area contributed by atoms with Crippen LogP contribution in [0.2, 0.25) is 0 Å². The largest absolute Gasteiger partial charge is 0.361 e.